The average molecular weight is 496 g/mol. The molecular weight excluding hydrogens is 454 g/mol. The second-order valence-electron chi connectivity index (χ2n) is 10.9. The molecule has 1 N–H and O–H groups in total. The van der Waals surface area contributed by atoms with Gasteiger partial charge in [-0.2, -0.15) is 0 Å². The first-order valence-corrected chi connectivity index (χ1v) is 13.2. The Bertz CT molecular complexity index is 1010. The topological polar surface area (TPSA) is 70.0 Å². The van der Waals surface area contributed by atoms with Gasteiger partial charge in [0.2, 0.25) is 0 Å². The summed E-state index contributed by atoms with van der Waals surface area (Å²) in [7, 11) is 0. The number of hydrogen-bond acceptors (Lipinski definition) is 5. The zero-order valence-electron chi connectivity index (χ0n) is 22.2. The normalized spacial score (nSPS) is 18.3. The fourth-order valence-electron chi connectivity index (χ4n) is 4.97. The van der Waals surface area contributed by atoms with E-state index in [1.54, 1.807) is 4.90 Å². The molecule has 196 valence electrons. The third kappa shape index (κ3) is 6.89. The van der Waals surface area contributed by atoms with Gasteiger partial charge in [0.05, 0.1) is 0 Å². The first kappa shape index (κ1) is 26.2. The van der Waals surface area contributed by atoms with Gasteiger partial charge in [0, 0.05) is 63.7 Å². The SMILES string of the molecule is CCN1CCN(Cc2ccc(NC(=O)c3cccn3C3CCN(C(=O)OC(C)(C)C)CC3)cc2)CC1. The van der Waals surface area contributed by atoms with Crippen molar-refractivity contribution in [3.63, 3.8) is 0 Å². The molecular formula is C28H41N5O3. The van der Waals surface area contributed by atoms with Gasteiger partial charge in [0.1, 0.15) is 11.3 Å². The maximum atomic E-state index is 13.1. The van der Waals surface area contributed by atoms with Gasteiger partial charge in [-0.25, -0.2) is 4.79 Å². The van der Waals surface area contributed by atoms with E-state index in [-0.39, 0.29) is 18.0 Å². The second-order valence-corrected chi connectivity index (χ2v) is 10.9. The summed E-state index contributed by atoms with van der Waals surface area (Å²) in [5, 5.41) is 3.06. The summed E-state index contributed by atoms with van der Waals surface area (Å²) in [5.74, 6) is -0.113. The van der Waals surface area contributed by atoms with Crippen molar-refractivity contribution in [2.24, 2.45) is 0 Å². The largest absolute Gasteiger partial charge is 0.444 e. The van der Waals surface area contributed by atoms with Crippen molar-refractivity contribution in [2.75, 3.05) is 51.1 Å². The molecule has 2 aliphatic rings. The maximum absolute atomic E-state index is 13.1. The number of anilines is 1. The Labute approximate surface area is 215 Å². The van der Waals surface area contributed by atoms with Gasteiger partial charge in [-0.3, -0.25) is 9.69 Å². The second kappa shape index (κ2) is 11.5. The monoisotopic (exact) mass is 495 g/mol. The lowest BCUT2D eigenvalue weighted by Crippen LogP contribution is -2.45. The van der Waals surface area contributed by atoms with E-state index in [0.717, 1.165) is 57.8 Å². The number of benzene rings is 1. The van der Waals surface area contributed by atoms with Crippen LogP contribution in [-0.2, 0) is 11.3 Å². The zero-order valence-corrected chi connectivity index (χ0v) is 22.2. The molecule has 36 heavy (non-hydrogen) atoms. The van der Waals surface area contributed by atoms with E-state index in [4.69, 9.17) is 4.74 Å². The summed E-state index contributed by atoms with van der Waals surface area (Å²) in [6.45, 7) is 15.6. The number of carbonyl (C=O) groups excluding carboxylic acids is 2. The van der Waals surface area contributed by atoms with Crippen molar-refractivity contribution in [2.45, 2.75) is 58.7 Å². The first-order chi connectivity index (χ1) is 17.2. The number of carbonyl (C=O) groups is 2. The molecule has 4 rings (SSSR count). The molecule has 3 heterocycles. The van der Waals surface area contributed by atoms with Gasteiger partial charge in [-0.1, -0.05) is 19.1 Å². The van der Waals surface area contributed by atoms with Crippen molar-refractivity contribution < 1.29 is 14.3 Å². The van der Waals surface area contributed by atoms with E-state index in [1.165, 1.54) is 5.56 Å². The fraction of sp³-hybridized carbons (Fsp3) is 0.571. The number of amides is 2. The van der Waals surface area contributed by atoms with Crippen LogP contribution in [0.15, 0.2) is 42.6 Å². The van der Waals surface area contributed by atoms with Crippen LogP contribution in [-0.4, -0.2) is 82.7 Å². The lowest BCUT2D eigenvalue weighted by molar-refractivity contribution is 0.0187. The average Bonchev–Trinajstić information content (AvgIpc) is 3.35. The minimum absolute atomic E-state index is 0.113. The van der Waals surface area contributed by atoms with Gasteiger partial charge in [0.15, 0.2) is 0 Å². The highest BCUT2D eigenvalue weighted by atomic mass is 16.6. The van der Waals surface area contributed by atoms with Crippen molar-refractivity contribution in [1.82, 2.24) is 19.3 Å². The third-order valence-corrected chi connectivity index (χ3v) is 7.05. The number of likely N-dealkylation sites (N-methyl/N-ethyl adjacent to an activating group) is 1. The number of nitrogens with zero attached hydrogens (tertiary/aromatic N) is 4. The summed E-state index contributed by atoms with van der Waals surface area (Å²) < 4.78 is 7.55. The Morgan fingerprint density at radius 3 is 2.19 bits per heavy atom. The lowest BCUT2D eigenvalue weighted by Gasteiger charge is -2.34. The molecule has 2 aromatic rings. The number of piperidine rings is 1. The molecule has 2 saturated heterocycles. The Morgan fingerprint density at radius 1 is 0.944 bits per heavy atom. The molecule has 2 amide bonds. The third-order valence-electron chi connectivity index (χ3n) is 7.05. The van der Waals surface area contributed by atoms with Crippen molar-refractivity contribution >= 4 is 17.7 Å². The number of piperazine rings is 1. The molecule has 0 atom stereocenters. The van der Waals surface area contributed by atoms with Gasteiger partial charge < -0.3 is 24.4 Å². The molecule has 0 saturated carbocycles. The molecule has 8 heteroatoms. The van der Waals surface area contributed by atoms with Crippen molar-refractivity contribution in [1.29, 1.82) is 0 Å². The van der Waals surface area contributed by atoms with Crippen molar-refractivity contribution in [3.8, 4) is 0 Å². The predicted octanol–water partition coefficient (Wildman–Crippen LogP) is 4.45. The van der Waals surface area contributed by atoms with Gasteiger partial charge in [0.25, 0.3) is 5.91 Å². The van der Waals surface area contributed by atoms with E-state index < -0.39 is 5.60 Å². The molecule has 0 unspecified atom stereocenters. The van der Waals surface area contributed by atoms with Crippen LogP contribution in [0.5, 0.6) is 0 Å². The van der Waals surface area contributed by atoms with E-state index in [9.17, 15) is 9.59 Å². The van der Waals surface area contributed by atoms with Crippen LogP contribution in [0.1, 0.15) is 62.6 Å². The predicted molar refractivity (Wildman–Crippen MR) is 142 cm³/mol. The van der Waals surface area contributed by atoms with Crippen LogP contribution in [0.3, 0.4) is 0 Å². The number of hydrogen-bond donors (Lipinski definition) is 1. The molecule has 0 spiro atoms. The van der Waals surface area contributed by atoms with Crippen LogP contribution in [0.25, 0.3) is 0 Å². The minimum Gasteiger partial charge on any atom is -0.444 e. The van der Waals surface area contributed by atoms with E-state index in [1.807, 2.05) is 55.8 Å². The highest BCUT2D eigenvalue weighted by Gasteiger charge is 2.28. The molecule has 0 bridgehead atoms. The van der Waals surface area contributed by atoms with E-state index >= 15 is 0 Å². The standard InChI is InChI=1S/C28H41N5O3/c1-5-30-17-19-31(20-18-30)21-22-8-10-23(11-9-22)29-26(34)25-7-6-14-33(25)24-12-15-32(16-13-24)27(35)36-28(2,3)4/h6-11,14,24H,5,12-13,15-21H2,1-4H3,(H,29,34). The lowest BCUT2D eigenvalue weighted by atomic mass is 10.0. The summed E-state index contributed by atoms with van der Waals surface area (Å²) in [6, 6.07) is 12.1. The Morgan fingerprint density at radius 2 is 1.58 bits per heavy atom. The summed E-state index contributed by atoms with van der Waals surface area (Å²) in [5.41, 5.74) is 2.20. The molecule has 0 aliphatic carbocycles. The van der Waals surface area contributed by atoms with Gasteiger partial charge in [-0.15, -0.1) is 0 Å². The highest BCUT2D eigenvalue weighted by Crippen LogP contribution is 2.26. The zero-order chi connectivity index (χ0) is 25.7. The van der Waals surface area contributed by atoms with Gasteiger partial charge in [-0.05, 0) is 70.0 Å². The quantitative estimate of drug-likeness (QED) is 0.641. The number of nitrogens with one attached hydrogen (secondary N) is 1. The minimum atomic E-state index is -0.498. The number of aromatic nitrogens is 1. The summed E-state index contributed by atoms with van der Waals surface area (Å²) in [4.78, 5) is 32.2. The number of likely N-dealkylation sites (tertiary alicyclic amines) is 1. The first-order valence-electron chi connectivity index (χ1n) is 13.2. The molecule has 1 aromatic carbocycles. The summed E-state index contributed by atoms with van der Waals surface area (Å²) >= 11 is 0. The Kier molecular flexibility index (Phi) is 8.36. The molecule has 0 radical (unpaired) electrons. The van der Waals surface area contributed by atoms with E-state index in [2.05, 4.69) is 34.2 Å². The molecule has 8 nitrogen and oxygen atoms in total. The highest BCUT2D eigenvalue weighted by molar-refractivity contribution is 6.03. The van der Waals surface area contributed by atoms with Crippen LogP contribution in [0, 0.1) is 0 Å². The Hall–Kier alpha value is -2.84. The van der Waals surface area contributed by atoms with Crippen LogP contribution < -0.4 is 5.32 Å². The Balaban J connectivity index is 1.29. The van der Waals surface area contributed by atoms with Crippen LogP contribution in [0.2, 0.25) is 0 Å². The van der Waals surface area contributed by atoms with Gasteiger partial charge >= 0.3 is 6.09 Å². The fourth-order valence-corrected chi connectivity index (χ4v) is 4.97. The number of ether oxygens (including phenoxy) is 1. The number of rotatable bonds is 6. The molecule has 1 aromatic heterocycles. The van der Waals surface area contributed by atoms with Crippen molar-refractivity contribution in [3.05, 3.63) is 53.9 Å². The summed E-state index contributed by atoms with van der Waals surface area (Å²) in [6.07, 6.45) is 3.27. The molecule has 2 aliphatic heterocycles. The van der Waals surface area contributed by atoms with Crippen LogP contribution in [0.4, 0.5) is 10.5 Å². The van der Waals surface area contributed by atoms with E-state index in [0.29, 0.717) is 18.8 Å². The smallest absolute Gasteiger partial charge is 0.410 e. The maximum Gasteiger partial charge on any atom is 0.410 e. The van der Waals surface area contributed by atoms with Crippen LogP contribution >= 0.6 is 0 Å². The molecule has 2 fully saturated rings.